The predicted octanol–water partition coefficient (Wildman–Crippen LogP) is 1.43. The van der Waals surface area contributed by atoms with Gasteiger partial charge in [0.1, 0.15) is 23.0 Å². The summed E-state index contributed by atoms with van der Waals surface area (Å²) in [6.45, 7) is 7.83. The molecule has 2 atom stereocenters. The van der Waals surface area contributed by atoms with Gasteiger partial charge in [-0.25, -0.2) is 9.98 Å². The first-order valence-electron chi connectivity index (χ1n) is 6.71. The molecular weight excluding hydrogens is 252 g/mol. The fraction of sp³-hybridized carbons (Fsp3) is 0.429. The molecule has 2 heterocycles. The Labute approximate surface area is 118 Å². The van der Waals surface area contributed by atoms with E-state index in [9.17, 15) is 0 Å². The minimum atomic E-state index is 0.359. The fourth-order valence-electron chi connectivity index (χ4n) is 2.59. The number of nitrogen functional groups attached to an aromatic ring is 1. The lowest BCUT2D eigenvalue weighted by atomic mass is 10.3. The summed E-state index contributed by atoms with van der Waals surface area (Å²) in [5, 5.41) is 0. The van der Waals surface area contributed by atoms with Crippen LogP contribution < -0.4 is 5.73 Å². The van der Waals surface area contributed by atoms with Crippen molar-refractivity contribution in [2.24, 2.45) is 21.8 Å². The number of likely N-dealkylation sites (tertiary alicyclic amines) is 1. The number of hydrogen-bond donors (Lipinski definition) is 1. The van der Waals surface area contributed by atoms with Gasteiger partial charge in [0, 0.05) is 13.1 Å². The molecule has 6 nitrogen and oxygen atoms in total. The lowest BCUT2D eigenvalue weighted by molar-refractivity contribution is 0.459. The second kappa shape index (κ2) is 5.03. The number of aliphatic imine (C=N–C) groups is 2. The van der Waals surface area contributed by atoms with Gasteiger partial charge in [0.2, 0.25) is 0 Å². The zero-order valence-corrected chi connectivity index (χ0v) is 11.5. The van der Waals surface area contributed by atoms with E-state index in [0.29, 0.717) is 17.2 Å². The number of anilines is 1. The van der Waals surface area contributed by atoms with Gasteiger partial charge in [-0.2, -0.15) is 0 Å². The minimum absolute atomic E-state index is 0.359. The summed E-state index contributed by atoms with van der Waals surface area (Å²) in [5.74, 6) is 3.15. The van der Waals surface area contributed by atoms with E-state index < -0.39 is 0 Å². The molecule has 104 valence electrons. The molecule has 0 radical (unpaired) electrons. The van der Waals surface area contributed by atoms with Crippen molar-refractivity contribution in [3.05, 3.63) is 24.3 Å². The van der Waals surface area contributed by atoms with Gasteiger partial charge in [-0.05, 0) is 31.9 Å². The largest absolute Gasteiger partial charge is 0.382 e. The van der Waals surface area contributed by atoms with Gasteiger partial charge in [-0.3, -0.25) is 9.98 Å². The Morgan fingerprint density at radius 3 is 2.85 bits per heavy atom. The van der Waals surface area contributed by atoms with Gasteiger partial charge >= 0.3 is 0 Å². The second-order valence-electron chi connectivity index (χ2n) is 5.34. The Bertz CT molecular complexity index is 581. The molecule has 2 aliphatic rings. The summed E-state index contributed by atoms with van der Waals surface area (Å²) in [6, 6.07) is 0. The number of nitrogens with zero attached hydrogens (tertiary/aromatic N) is 5. The number of piperidine rings is 1. The number of aromatic nitrogens is 2. The molecular formula is C14H18N6. The summed E-state index contributed by atoms with van der Waals surface area (Å²) in [4.78, 5) is 18.9. The molecule has 20 heavy (non-hydrogen) atoms. The van der Waals surface area contributed by atoms with Crippen LogP contribution in [0.4, 0.5) is 5.82 Å². The van der Waals surface area contributed by atoms with Crippen molar-refractivity contribution in [3.8, 4) is 0 Å². The number of amidine groups is 1. The summed E-state index contributed by atoms with van der Waals surface area (Å²) in [6.07, 6.45) is 6.16. The molecule has 1 aliphatic heterocycles. The minimum Gasteiger partial charge on any atom is -0.382 e. The molecule has 3 rings (SSSR count). The Balaban J connectivity index is 1.76. The average Bonchev–Trinajstić information content (AvgIpc) is 3.06. The number of nitrogens with two attached hydrogens (primary N) is 1. The molecule has 1 aromatic heterocycles. The van der Waals surface area contributed by atoms with Crippen LogP contribution in [0.25, 0.3) is 5.70 Å². The van der Waals surface area contributed by atoms with Crippen molar-refractivity contribution < 1.29 is 0 Å². The van der Waals surface area contributed by atoms with Gasteiger partial charge in [0.05, 0.1) is 18.6 Å². The first-order chi connectivity index (χ1) is 9.67. The SMILES string of the molecule is C=N/C(=C\N=C(C)N1CC2CC2C1)c1cncc(N)n1. The van der Waals surface area contributed by atoms with Crippen molar-refractivity contribution in [2.75, 3.05) is 18.8 Å². The Hall–Kier alpha value is -2.24. The molecule has 1 saturated heterocycles. The number of hydrogen-bond acceptors (Lipinski definition) is 5. The second-order valence-corrected chi connectivity index (χ2v) is 5.34. The molecule has 1 aliphatic carbocycles. The van der Waals surface area contributed by atoms with E-state index in [2.05, 4.69) is 31.6 Å². The van der Waals surface area contributed by atoms with Crippen LogP contribution >= 0.6 is 0 Å². The third kappa shape index (κ3) is 2.54. The van der Waals surface area contributed by atoms with Crippen molar-refractivity contribution in [1.82, 2.24) is 14.9 Å². The van der Waals surface area contributed by atoms with Crippen LogP contribution in [0.15, 0.2) is 28.6 Å². The van der Waals surface area contributed by atoms with Crippen LogP contribution in [-0.4, -0.2) is 40.5 Å². The Morgan fingerprint density at radius 1 is 1.45 bits per heavy atom. The maximum atomic E-state index is 5.62. The lowest BCUT2D eigenvalue weighted by Gasteiger charge is -2.18. The molecule has 6 heteroatoms. The van der Waals surface area contributed by atoms with Crippen LogP contribution in [0, 0.1) is 11.8 Å². The van der Waals surface area contributed by atoms with Crippen molar-refractivity contribution in [2.45, 2.75) is 13.3 Å². The van der Waals surface area contributed by atoms with Gasteiger partial charge < -0.3 is 10.6 Å². The molecule has 0 amide bonds. The quantitative estimate of drug-likeness (QED) is 0.665. The molecule has 0 spiro atoms. The van der Waals surface area contributed by atoms with Crippen LogP contribution in [0.1, 0.15) is 19.0 Å². The van der Waals surface area contributed by atoms with Gasteiger partial charge in [0.25, 0.3) is 0 Å². The van der Waals surface area contributed by atoms with E-state index in [0.717, 1.165) is 30.8 Å². The zero-order valence-electron chi connectivity index (χ0n) is 11.5. The van der Waals surface area contributed by atoms with E-state index in [1.807, 2.05) is 6.92 Å². The van der Waals surface area contributed by atoms with Gasteiger partial charge in [-0.15, -0.1) is 0 Å². The maximum absolute atomic E-state index is 5.62. The highest BCUT2D eigenvalue weighted by Crippen LogP contribution is 2.44. The summed E-state index contributed by atoms with van der Waals surface area (Å²) in [7, 11) is 0. The van der Waals surface area contributed by atoms with Gasteiger partial charge in [0.15, 0.2) is 0 Å². The lowest BCUT2D eigenvalue weighted by Crippen LogP contribution is -2.27. The number of fused-ring (bicyclic) bond motifs is 1. The van der Waals surface area contributed by atoms with E-state index in [1.165, 1.54) is 12.6 Å². The van der Waals surface area contributed by atoms with Crippen LogP contribution in [0.3, 0.4) is 0 Å². The van der Waals surface area contributed by atoms with Crippen molar-refractivity contribution >= 4 is 24.1 Å². The highest BCUT2D eigenvalue weighted by molar-refractivity contribution is 5.82. The highest BCUT2D eigenvalue weighted by atomic mass is 15.2. The highest BCUT2D eigenvalue weighted by Gasteiger charge is 2.45. The third-order valence-corrected chi connectivity index (χ3v) is 3.90. The summed E-state index contributed by atoms with van der Waals surface area (Å²) < 4.78 is 0. The zero-order chi connectivity index (χ0) is 14.1. The van der Waals surface area contributed by atoms with Crippen molar-refractivity contribution in [3.63, 3.8) is 0 Å². The average molecular weight is 270 g/mol. The van der Waals surface area contributed by atoms with Crippen LogP contribution in [-0.2, 0) is 0 Å². The maximum Gasteiger partial charge on any atom is 0.142 e. The Kier molecular flexibility index (Phi) is 3.22. The fourth-order valence-corrected chi connectivity index (χ4v) is 2.59. The summed E-state index contributed by atoms with van der Waals surface area (Å²) in [5.41, 5.74) is 6.78. The first kappa shape index (κ1) is 12.8. The number of rotatable bonds is 3. The molecule has 2 fully saturated rings. The predicted molar refractivity (Wildman–Crippen MR) is 80.2 cm³/mol. The van der Waals surface area contributed by atoms with Gasteiger partial charge in [-0.1, -0.05) is 0 Å². The molecule has 1 saturated carbocycles. The molecule has 1 aromatic rings. The molecule has 2 unspecified atom stereocenters. The normalized spacial score (nSPS) is 25.6. The van der Waals surface area contributed by atoms with Crippen LogP contribution in [0.5, 0.6) is 0 Å². The molecule has 0 bridgehead atoms. The monoisotopic (exact) mass is 270 g/mol. The van der Waals surface area contributed by atoms with Crippen LogP contribution in [0.2, 0.25) is 0 Å². The van der Waals surface area contributed by atoms with E-state index in [1.54, 1.807) is 12.4 Å². The third-order valence-electron chi connectivity index (χ3n) is 3.90. The standard InChI is InChI=1S/C14H18N6/c1-9(20-7-10-3-11(10)8-20)18-5-12(16-2)13-4-17-6-14(15)19-13/h4-6,10-11H,2-3,7-8H2,1H3,(H2,15,19)/b12-5-,18-9?. The summed E-state index contributed by atoms with van der Waals surface area (Å²) >= 11 is 0. The molecule has 2 N–H and O–H groups in total. The van der Waals surface area contributed by atoms with E-state index >= 15 is 0 Å². The first-order valence-corrected chi connectivity index (χ1v) is 6.71. The Morgan fingerprint density at radius 2 is 2.20 bits per heavy atom. The van der Waals surface area contributed by atoms with E-state index in [-0.39, 0.29) is 0 Å². The molecule has 0 aromatic carbocycles. The van der Waals surface area contributed by atoms with E-state index in [4.69, 9.17) is 5.73 Å². The van der Waals surface area contributed by atoms with Crippen molar-refractivity contribution in [1.29, 1.82) is 0 Å². The topological polar surface area (TPSA) is 79.8 Å². The smallest absolute Gasteiger partial charge is 0.142 e.